The van der Waals surface area contributed by atoms with Crippen LogP contribution in [0.25, 0.3) is 0 Å². The number of hydrogen-bond donors (Lipinski definition) is 0. The maximum absolute atomic E-state index is 12.0. The highest BCUT2D eigenvalue weighted by Gasteiger charge is 2.33. The van der Waals surface area contributed by atoms with E-state index in [1.54, 1.807) is 0 Å². The molecule has 1 fully saturated rings. The molecule has 3 atom stereocenters. The number of ether oxygens (including phenoxy) is 2. The van der Waals surface area contributed by atoms with Crippen molar-refractivity contribution in [2.45, 2.75) is 59.7 Å². The fourth-order valence-electron chi connectivity index (χ4n) is 3.23. The fourth-order valence-corrected chi connectivity index (χ4v) is 3.23. The number of benzene rings is 1. The Kier molecular flexibility index (Phi) is 5.87. The summed E-state index contributed by atoms with van der Waals surface area (Å²) < 4.78 is 10.9. The molecule has 1 aliphatic carbocycles. The van der Waals surface area contributed by atoms with Crippen molar-refractivity contribution in [3.8, 4) is 0 Å². The molecule has 0 aliphatic heterocycles. The number of aryl methyl sites for hydroxylation is 1. The van der Waals surface area contributed by atoms with Gasteiger partial charge in [-0.2, -0.15) is 0 Å². The Hall–Kier alpha value is -1.51. The molecule has 0 saturated heterocycles. The molecule has 122 valence electrons. The molecule has 22 heavy (non-hydrogen) atoms. The van der Waals surface area contributed by atoms with E-state index in [4.69, 9.17) is 9.47 Å². The van der Waals surface area contributed by atoms with Crippen LogP contribution in [0, 0.1) is 24.7 Å². The first-order valence-electron chi connectivity index (χ1n) is 8.34. The van der Waals surface area contributed by atoms with Gasteiger partial charge in [-0.05, 0) is 43.1 Å². The van der Waals surface area contributed by atoms with Gasteiger partial charge in [0, 0.05) is 0 Å². The summed E-state index contributed by atoms with van der Waals surface area (Å²) in [6.07, 6.45) is 2.76. The number of hydrogen-bond acceptors (Lipinski definition) is 3. The summed E-state index contributed by atoms with van der Waals surface area (Å²) in [5, 5.41) is 0. The third-order valence-corrected chi connectivity index (χ3v) is 4.69. The zero-order chi connectivity index (χ0) is 16.1. The fraction of sp³-hybridized carbons (Fsp3) is 0.632. The highest BCUT2D eigenvalue weighted by molar-refractivity contribution is 5.60. The van der Waals surface area contributed by atoms with Crippen LogP contribution in [0.15, 0.2) is 24.3 Å². The second-order valence-corrected chi connectivity index (χ2v) is 7.01. The Balaban J connectivity index is 1.85. The molecule has 1 saturated carbocycles. The molecule has 3 heteroatoms. The maximum Gasteiger partial charge on any atom is 0.508 e. The Morgan fingerprint density at radius 1 is 1.23 bits per heavy atom. The summed E-state index contributed by atoms with van der Waals surface area (Å²) in [6, 6.07) is 7.98. The van der Waals surface area contributed by atoms with Gasteiger partial charge in [-0.3, -0.25) is 0 Å². The van der Waals surface area contributed by atoms with Gasteiger partial charge in [-0.1, -0.05) is 57.0 Å². The van der Waals surface area contributed by atoms with E-state index in [-0.39, 0.29) is 12.7 Å². The minimum atomic E-state index is -0.537. The minimum Gasteiger partial charge on any atom is -0.431 e. The molecular weight excluding hydrogens is 276 g/mol. The lowest BCUT2D eigenvalue weighted by molar-refractivity contribution is -0.0343. The van der Waals surface area contributed by atoms with Crippen molar-refractivity contribution in [3.63, 3.8) is 0 Å². The number of carbonyl (C=O) groups excluding carboxylic acids is 1. The van der Waals surface area contributed by atoms with Crippen LogP contribution in [0.5, 0.6) is 0 Å². The van der Waals surface area contributed by atoms with Gasteiger partial charge in [-0.25, -0.2) is 4.79 Å². The number of carbonyl (C=O) groups is 1. The number of rotatable bonds is 4. The molecule has 1 aromatic carbocycles. The molecule has 0 bridgehead atoms. The molecule has 1 aliphatic rings. The Labute approximate surface area is 134 Å². The van der Waals surface area contributed by atoms with Gasteiger partial charge in [0.05, 0.1) is 0 Å². The highest BCUT2D eigenvalue weighted by Crippen LogP contribution is 2.35. The smallest absolute Gasteiger partial charge is 0.431 e. The van der Waals surface area contributed by atoms with E-state index in [0.29, 0.717) is 17.8 Å². The topological polar surface area (TPSA) is 35.5 Å². The molecule has 0 unspecified atom stereocenters. The van der Waals surface area contributed by atoms with Gasteiger partial charge in [-0.15, -0.1) is 0 Å². The van der Waals surface area contributed by atoms with Gasteiger partial charge in [0.15, 0.2) is 0 Å². The van der Waals surface area contributed by atoms with E-state index in [9.17, 15) is 4.79 Å². The second kappa shape index (κ2) is 7.66. The lowest BCUT2D eigenvalue weighted by Crippen LogP contribution is -2.36. The van der Waals surface area contributed by atoms with E-state index in [0.717, 1.165) is 18.4 Å². The summed E-state index contributed by atoms with van der Waals surface area (Å²) in [5.74, 6) is 1.59. The molecule has 0 radical (unpaired) electrons. The van der Waals surface area contributed by atoms with Gasteiger partial charge >= 0.3 is 6.16 Å². The van der Waals surface area contributed by atoms with Crippen LogP contribution in [0.3, 0.4) is 0 Å². The highest BCUT2D eigenvalue weighted by atomic mass is 16.7. The van der Waals surface area contributed by atoms with Crippen LogP contribution in [0.4, 0.5) is 4.79 Å². The van der Waals surface area contributed by atoms with Crippen LogP contribution >= 0.6 is 0 Å². The normalized spacial score (nSPS) is 25.0. The average molecular weight is 304 g/mol. The second-order valence-electron chi connectivity index (χ2n) is 7.01. The predicted octanol–water partition coefficient (Wildman–Crippen LogP) is 5.11. The van der Waals surface area contributed by atoms with Crippen LogP contribution in [-0.2, 0) is 16.1 Å². The van der Waals surface area contributed by atoms with Crippen molar-refractivity contribution >= 4 is 6.16 Å². The Morgan fingerprint density at radius 3 is 2.55 bits per heavy atom. The largest absolute Gasteiger partial charge is 0.508 e. The van der Waals surface area contributed by atoms with Crippen LogP contribution in [-0.4, -0.2) is 12.3 Å². The van der Waals surface area contributed by atoms with Gasteiger partial charge in [0.25, 0.3) is 0 Å². The molecule has 2 rings (SSSR count). The summed E-state index contributed by atoms with van der Waals surface area (Å²) in [5.41, 5.74) is 2.18. The van der Waals surface area contributed by atoms with E-state index < -0.39 is 6.16 Å². The molecule has 3 nitrogen and oxygen atoms in total. The van der Waals surface area contributed by atoms with Crippen LogP contribution in [0.2, 0.25) is 0 Å². The maximum atomic E-state index is 12.0. The summed E-state index contributed by atoms with van der Waals surface area (Å²) in [7, 11) is 0. The van der Waals surface area contributed by atoms with E-state index in [2.05, 4.69) is 20.8 Å². The molecular formula is C19H28O3. The SMILES string of the molecule is Cc1ccc(COC(=O)O[C@@H]2C[C@H](C)CC[C@H]2C(C)C)cc1. The van der Waals surface area contributed by atoms with Crippen molar-refractivity contribution in [3.05, 3.63) is 35.4 Å². The standard InChI is InChI=1S/C19H28O3/c1-13(2)17-10-7-15(4)11-18(17)22-19(20)21-12-16-8-5-14(3)6-9-16/h5-6,8-9,13,15,17-18H,7,10-12H2,1-4H3/t15-,17+,18-/m1/s1. The molecule has 1 aromatic rings. The third kappa shape index (κ3) is 4.75. The zero-order valence-corrected chi connectivity index (χ0v) is 14.2. The molecule has 0 heterocycles. The summed E-state index contributed by atoms with van der Waals surface area (Å²) in [4.78, 5) is 12.0. The lowest BCUT2D eigenvalue weighted by Gasteiger charge is -2.36. The predicted molar refractivity (Wildman–Crippen MR) is 87.6 cm³/mol. The molecule has 0 N–H and O–H groups in total. The van der Waals surface area contributed by atoms with E-state index in [1.807, 2.05) is 31.2 Å². The summed E-state index contributed by atoms with van der Waals surface area (Å²) >= 11 is 0. The first-order chi connectivity index (χ1) is 10.5. The molecule has 0 spiro atoms. The quantitative estimate of drug-likeness (QED) is 0.725. The third-order valence-electron chi connectivity index (χ3n) is 4.69. The minimum absolute atomic E-state index is 0.00531. The average Bonchev–Trinajstić information content (AvgIpc) is 2.46. The van der Waals surface area contributed by atoms with Crippen molar-refractivity contribution in [2.24, 2.45) is 17.8 Å². The van der Waals surface area contributed by atoms with Gasteiger partial charge < -0.3 is 9.47 Å². The monoisotopic (exact) mass is 304 g/mol. The lowest BCUT2D eigenvalue weighted by atomic mass is 9.75. The van der Waals surface area contributed by atoms with Crippen molar-refractivity contribution < 1.29 is 14.3 Å². The summed E-state index contributed by atoms with van der Waals surface area (Å²) in [6.45, 7) is 8.94. The zero-order valence-electron chi connectivity index (χ0n) is 14.2. The van der Waals surface area contributed by atoms with Crippen LogP contribution in [0.1, 0.15) is 51.2 Å². The van der Waals surface area contributed by atoms with E-state index >= 15 is 0 Å². The molecule has 0 amide bonds. The first kappa shape index (κ1) is 16.9. The van der Waals surface area contributed by atoms with Gasteiger partial charge in [0.1, 0.15) is 12.7 Å². The van der Waals surface area contributed by atoms with Crippen molar-refractivity contribution in [2.75, 3.05) is 0 Å². The molecule has 0 aromatic heterocycles. The Morgan fingerprint density at radius 2 is 1.91 bits per heavy atom. The van der Waals surface area contributed by atoms with Crippen LogP contribution < -0.4 is 0 Å². The Bertz CT molecular complexity index is 478. The van der Waals surface area contributed by atoms with Crippen molar-refractivity contribution in [1.82, 2.24) is 0 Å². The first-order valence-corrected chi connectivity index (χ1v) is 8.34. The van der Waals surface area contributed by atoms with Crippen molar-refractivity contribution in [1.29, 1.82) is 0 Å². The van der Waals surface area contributed by atoms with Gasteiger partial charge in [0.2, 0.25) is 0 Å². The van der Waals surface area contributed by atoms with E-state index in [1.165, 1.54) is 12.0 Å².